The van der Waals surface area contributed by atoms with E-state index in [9.17, 15) is 5.11 Å². The summed E-state index contributed by atoms with van der Waals surface area (Å²) >= 11 is 2.00. The summed E-state index contributed by atoms with van der Waals surface area (Å²) in [6.07, 6.45) is 1.34. The maximum atomic E-state index is 9.42. The molecule has 1 aliphatic heterocycles. The molecule has 1 fully saturated rings. The zero-order valence-corrected chi connectivity index (χ0v) is 10.6. The average molecular weight is 238 g/mol. The van der Waals surface area contributed by atoms with E-state index in [-0.39, 0.29) is 0 Å². The van der Waals surface area contributed by atoms with Crippen molar-refractivity contribution in [2.24, 2.45) is 0 Å². The van der Waals surface area contributed by atoms with Crippen LogP contribution in [0.2, 0.25) is 0 Å². The number of nitrogens with zero attached hydrogens (tertiary/aromatic N) is 2. The largest absolute Gasteiger partial charge is 0.389 e. The summed E-state index contributed by atoms with van der Waals surface area (Å²) in [6.45, 7) is 5.06. The number of hydrogen-bond donors (Lipinski definition) is 1. The van der Waals surface area contributed by atoms with E-state index >= 15 is 0 Å². The summed E-state index contributed by atoms with van der Waals surface area (Å²) in [7, 11) is 0. The Kier molecular flexibility index (Phi) is 3.71. The molecule has 1 aromatic heterocycles. The molecule has 1 aliphatic rings. The summed E-state index contributed by atoms with van der Waals surface area (Å²) in [5, 5.41) is 9.42. The molecule has 0 aromatic carbocycles. The van der Waals surface area contributed by atoms with Gasteiger partial charge in [0, 0.05) is 30.3 Å². The number of aliphatic hydroxyl groups is 1. The van der Waals surface area contributed by atoms with Gasteiger partial charge in [-0.05, 0) is 25.5 Å². The highest BCUT2D eigenvalue weighted by Crippen LogP contribution is 2.23. The molecule has 0 saturated carbocycles. The molecule has 0 spiro atoms. The molecule has 1 saturated heterocycles. The van der Waals surface area contributed by atoms with Gasteiger partial charge in [-0.2, -0.15) is 11.8 Å². The fourth-order valence-corrected chi connectivity index (χ4v) is 2.90. The van der Waals surface area contributed by atoms with Crippen LogP contribution >= 0.6 is 11.8 Å². The average Bonchev–Trinajstić information content (AvgIpc) is 2.30. The van der Waals surface area contributed by atoms with Gasteiger partial charge in [-0.1, -0.05) is 6.07 Å². The van der Waals surface area contributed by atoms with Crippen molar-refractivity contribution in [3.63, 3.8) is 0 Å². The van der Waals surface area contributed by atoms with Crippen molar-refractivity contribution in [1.29, 1.82) is 0 Å². The number of thioether (sulfide) groups is 1. The molecule has 88 valence electrons. The van der Waals surface area contributed by atoms with Gasteiger partial charge >= 0.3 is 0 Å². The normalized spacial score (nSPS) is 23.2. The first-order chi connectivity index (χ1) is 7.68. The first kappa shape index (κ1) is 11.7. The molecular formula is C12H18N2OS. The van der Waals surface area contributed by atoms with E-state index < -0.39 is 6.10 Å². The van der Waals surface area contributed by atoms with Gasteiger partial charge in [0.2, 0.25) is 0 Å². The van der Waals surface area contributed by atoms with E-state index in [1.54, 1.807) is 13.1 Å². The summed E-state index contributed by atoms with van der Waals surface area (Å²) in [6, 6.07) is 4.51. The monoisotopic (exact) mass is 238 g/mol. The molecule has 2 atom stereocenters. The van der Waals surface area contributed by atoms with Crippen molar-refractivity contribution in [2.75, 3.05) is 23.0 Å². The minimum atomic E-state index is -0.434. The smallest absolute Gasteiger partial charge is 0.128 e. The van der Waals surface area contributed by atoms with Crippen LogP contribution in [-0.2, 0) is 0 Å². The van der Waals surface area contributed by atoms with Crippen LogP contribution in [0.5, 0.6) is 0 Å². The number of anilines is 1. The highest BCUT2D eigenvalue weighted by molar-refractivity contribution is 7.99. The van der Waals surface area contributed by atoms with Gasteiger partial charge in [-0.3, -0.25) is 0 Å². The van der Waals surface area contributed by atoms with Gasteiger partial charge < -0.3 is 10.0 Å². The lowest BCUT2D eigenvalue weighted by Gasteiger charge is -2.34. The minimum absolute atomic E-state index is 0.434. The highest BCUT2D eigenvalue weighted by atomic mass is 32.2. The standard InChI is InChI=1S/C12H18N2OS/c1-9-8-16-6-5-14(9)12-4-3-11(7-13-12)10(2)15/h3-4,7,9-10,15H,5-6,8H2,1-2H3. The molecule has 2 unspecified atom stereocenters. The summed E-state index contributed by atoms with van der Waals surface area (Å²) < 4.78 is 0. The van der Waals surface area contributed by atoms with Gasteiger partial charge in [-0.15, -0.1) is 0 Å². The van der Waals surface area contributed by atoms with Gasteiger partial charge in [0.05, 0.1) is 6.10 Å². The Morgan fingerprint density at radius 1 is 1.56 bits per heavy atom. The topological polar surface area (TPSA) is 36.4 Å². The molecule has 3 nitrogen and oxygen atoms in total. The fourth-order valence-electron chi connectivity index (χ4n) is 1.88. The number of aromatic nitrogens is 1. The van der Waals surface area contributed by atoms with Crippen molar-refractivity contribution in [3.8, 4) is 0 Å². The first-order valence-corrected chi connectivity index (χ1v) is 6.82. The number of aliphatic hydroxyl groups excluding tert-OH is 1. The molecule has 4 heteroatoms. The van der Waals surface area contributed by atoms with Crippen LogP contribution in [0.3, 0.4) is 0 Å². The highest BCUT2D eigenvalue weighted by Gasteiger charge is 2.19. The van der Waals surface area contributed by atoms with Gasteiger partial charge in [-0.25, -0.2) is 4.98 Å². The van der Waals surface area contributed by atoms with Crippen molar-refractivity contribution in [3.05, 3.63) is 23.9 Å². The Morgan fingerprint density at radius 3 is 2.94 bits per heavy atom. The number of rotatable bonds is 2. The summed E-state index contributed by atoms with van der Waals surface area (Å²) in [4.78, 5) is 6.77. The zero-order valence-electron chi connectivity index (χ0n) is 9.76. The first-order valence-electron chi connectivity index (χ1n) is 5.67. The molecular weight excluding hydrogens is 220 g/mol. The van der Waals surface area contributed by atoms with Crippen LogP contribution in [0, 0.1) is 0 Å². The van der Waals surface area contributed by atoms with Crippen LogP contribution < -0.4 is 4.90 Å². The molecule has 2 heterocycles. The van der Waals surface area contributed by atoms with E-state index in [0.717, 1.165) is 17.9 Å². The van der Waals surface area contributed by atoms with Crippen LogP contribution in [0.25, 0.3) is 0 Å². The van der Waals surface area contributed by atoms with E-state index in [2.05, 4.69) is 16.8 Å². The third-order valence-corrected chi connectivity index (χ3v) is 4.10. The summed E-state index contributed by atoms with van der Waals surface area (Å²) in [5.41, 5.74) is 0.878. The Labute approximate surface area is 101 Å². The Morgan fingerprint density at radius 2 is 2.38 bits per heavy atom. The molecule has 0 amide bonds. The predicted molar refractivity (Wildman–Crippen MR) is 69.0 cm³/mol. The molecule has 16 heavy (non-hydrogen) atoms. The van der Waals surface area contributed by atoms with Crippen LogP contribution in [0.4, 0.5) is 5.82 Å². The van der Waals surface area contributed by atoms with E-state index in [1.165, 1.54) is 11.5 Å². The lowest BCUT2D eigenvalue weighted by atomic mass is 10.2. The quantitative estimate of drug-likeness (QED) is 0.856. The van der Waals surface area contributed by atoms with Crippen molar-refractivity contribution >= 4 is 17.6 Å². The maximum absolute atomic E-state index is 9.42. The van der Waals surface area contributed by atoms with E-state index in [1.807, 2.05) is 23.9 Å². The van der Waals surface area contributed by atoms with Gasteiger partial charge in [0.15, 0.2) is 0 Å². The third-order valence-electron chi connectivity index (χ3n) is 2.92. The number of pyridine rings is 1. The Balaban J connectivity index is 2.14. The molecule has 1 aromatic rings. The van der Waals surface area contributed by atoms with Crippen LogP contribution in [0.1, 0.15) is 25.5 Å². The van der Waals surface area contributed by atoms with E-state index in [0.29, 0.717) is 6.04 Å². The fraction of sp³-hybridized carbons (Fsp3) is 0.583. The SMILES string of the molecule is CC(O)c1ccc(N2CCSCC2C)nc1. The second-order valence-electron chi connectivity index (χ2n) is 4.24. The minimum Gasteiger partial charge on any atom is -0.389 e. The van der Waals surface area contributed by atoms with Gasteiger partial charge in [0.25, 0.3) is 0 Å². The Hall–Kier alpha value is -0.740. The molecule has 0 bridgehead atoms. The zero-order chi connectivity index (χ0) is 11.5. The summed E-state index contributed by atoms with van der Waals surface area (Å²) in [5.74, 6) is 3.36. The molecule has 0 radical (unpaired) electrons. The second kappa shape index (κ2) is 5.06. The molecule has 2 rings (SSSR count). The number of hydrogen-bond acceptors (Lipinski definition) is 4. The molecule has 0 aliphatic carbocycles. The second-order valence-corrected chi connectivity index (χ2v) is 5.39. The van der Waals surface area contributed by atoms with Crippen molar-refractivity contribution < 1.29 is 5.11 Å². The predicted octanol–water partition coefficient (Wildman–Crippen LogP) is 2.08. The third kappa shape index (κ3) is 2.50. The van der Waals surface area contributed by atoms with Gasteiger partial charge in [0.1, 0.15) is 5.82 Å². The lowest BCUT2D eigenvalue weighted by molar-refractivity contribution is 0.199. The van der Waals surface area contributed by atoms with Crippen molar-refractivity contribution in [2.45, 2.75) is 26.0 Å². The molecule has 1 N–H and O–H groups in total. The Bertz CT molecular complexity index is 339. The van der Waals surface area contributed by atoms with Crippen LogP contribution in [-0.4, -0.2) is 34.2 Å². The van der Waals surface area contributed by atoms with E-state index in [4.69, 9.17) is 0 Å². The van der Waals surface area contributed by atoms with Crippen molar-refractivity contribution in [1.82, 2.24) is 4.98 Å². The van der Waals surface area contributed by atoms with Crippen LogP contribution in [0.15, 0.2) is 18.3 Å². The maximum Gasteiger partial charge on any atom is 0.128 e. The lowest BCUT2D eigenvalue weighted by Crippen LogP contribution is -2.40.